The molecule has 1 aliphatic rings. The molecule has 1 N–H and O–H groups in total. The molecular formula is C20H32N2O5S. The number of nitrogens with zero attached hydrogens (tertiary/aromatic N) is 1. The number of unbranched alkanes of at least 4 members (excludes halogenated alkanes) is 1. The summed E-state index contributed by atoms with van der Waals surface area (Å²) >= 11 is 0. The van der Waals surface area contributed by atoms with Crippen molar-refractivity contribution in [2.75, 3.05) is 40.0 Å². The Morgan fingerprint density at radius 1 is 1.21 bits per heavy atom. The lowest BCUT2D eigenvalue weighted by atomic mass is 9.99. The summed E-state index contributed by atoms with van der Waals surface area (Å²) < 4.78 is 37.7. The quantitative estimate of drug-likeness (QED) is 0.564. The van der Waals surface area contributed by atoms with Crippen molar-refractivity contribution in [3.63, 3.8) is 0 Å². The van der Waals surface area contributed by atoms with Gasteiger partial charge in [-0.3, -0.25) is 4.79 Å². The van der Waals surface area contributed by atoms with Gasteiger partial charge in [0.2, 0.25) is 15.9 Å². The Balaban J connectivity index is 1.84. The SMILES string of the molecule is CCCCOCCCNC(=O)C1CCCN(S(=O)(=O)c2ccc(OC)cc2)C1. The van der Waals surface area contributed by atoms with Crippen molar-refractivity contribution in [3.8, 4) is 5.75 Å². The van der Waals surface area contributed by atoms with Crippen molar-refractivity contribution in [3.05, 3.63) is 24.3 Å². The lowest BCUT2D eigenvalue weighted by molar-refractivity contribution is -0.126. The second-order valence-electron chi connectivity index (χ2n) is 6.99. The van der Waals surface area contributed by atoms with Crippen molar-refractivity contribution in [2.24, 2.45) is 5.92 Å². The van der Waals surface area contributed by atoms with Crippen LogP contribution in [0.5, 0.6) is 5.75 Å². The molecule has 158 valence electrons. The van der Waals surface area contributed by atoms with Gasteiger partial charge in [-0.1, -0.05) is 13.3 Å². The van der Waals surface area contributed by atoms with Gasteiger partial charge < -0.3 is 14.8 Å². The molecule has 1 unspecified atom stereocenters. The van der Waals surface area contributed by atoms with Gasteiger partial charge >= 0.3 is 0 Å². The highest BCUT2D eigenvalue weighted by Gasteiger charge is 2.33. The molecule has 0 aliphatic carbocycles. The molecule has 1 amide bonds. The summed E-state index contributed by atoms with van der Waals surface area (Å²) in [4.78, 5) is 12.7. The average molecular weight is 413 g/mol. The number of hydrogen-bond donors (Lipinski definition) is 1. The van der Waals surface area contributed by atoms with Gasteiger partial charge in [-0.2, -0.15) is 4.31 Å². The molecule has 1 aliphatic heterocycles. The maximum absolute atomic E-state index is 12.9. The zero-order valence-electron chi connectivity index (χ0n) is 16.9. The molecule has 2 rings (SSSR count). The van der Waals surface area contributed by atoms with Crippen molar-refractivity contribution < 1.29 is 22.7 Å². The number of rotatable bonds is 11. The Morgan fingerprint density at radius 2 is 1.93 bits per heavy atom. The molecule has 1 atom stereocenters. The third kappa shape index (κ3) is 6.46. The summed E-state index contributed by atoms with van der Waals surface area (Å²) in [6.07, 6.45) is 4.29. The van der Waals surface area contributed by atoms with Crippen LogP contribution in [0, 0.1) is 5.92 Å². The topological polar surface area (TPSA) is 84.9 Å². The van der Waals surface area contributed by atoms with Crippen LogP contribution in [-0.2, 0) is 19.6 Å². The maximum atomic E-state index is 12.9. The highest BCUT2D eigenvalue weighted by atomic mass is 32.2. The molecule has 1 aromatic carbocycles. The normalized spacial score (nSPS) is 18.0. The van der Waals surface area contributed by atoms with Gasteiger partial charge in [0.05, 0.1) is 17.9 Å². The summed E-state index contributed by atoms with van der Waals surface area (Å²) in [5, 5.41) is 2.91. The number of amides is 1. The minimum absolute atomic E-state index is 0.0804. The van der Waals surface area contributed by atoms with Crippen molar-refractivity contribution >= 4 is 15.9 Å². The monoisotopic (exact) mass is 412 g/mol. The Hall–Kier alpha value is -1.64. The van der Waals surface area contributed by atoms with Crippen molar-refractivity contribution in [1.82, 2.24) is 9.62 Å². The Kier molecular flexibility index (Phi) is 9.21. The molecule has 1 fully saturated rings. The Labute approximate surface area is 168 Å². The zero-order chi connectivity index (χ0) is 20.4. The molecule has 28 heavy (non-hydrogen) atoms. The van der Waals surface area contributed by atoms with Gasteiger partial charge in [-0.05, 0) is 49.9 Å². The summed E-state index contributed by atoms with van der Waals surface area (Å²) in [5.41, 5.74) is 0. The van der Waals surface area contributed by atoms with Crippen LogP contribution >= 0.6 is 0 Å². The number of methoxy groups -OCH3 is 1. The second kappa shape index (κ2) is 11.4. The molecule has 1 saturated heterocycles. The van der Waals surface area contributed by atoms with Gasteiger partial charge in [0.15, 0.2) is 0 Å². The fourth-order valence-electron chi connectivity index (χ4n) is 3.15. The Morgan fingerprint density at radius 3 is 2.61 bits per heavy atom. The second-order valence-corrected chi connectivity index (χ2v) is 8.93. The molecule has 8 heteroatoms. The van der Waals surface area contributed by atoms with E-state index in [1.165, 1.54) is 23.5 Å². The minimum atomic E-state index is -3.61. The van der Waals surface area contributed by atoms with Gasteiger partial charge in [0, 0.05) is 32.8 Å². The van der Waals surface area contributed by atoms with E-state index in [1.54, 1.807) is 12.1 Å². The molecule has 7 nitrogen and oxygen atoms in total. The van der Waals surface area contributed by atoms with E-state index in [0.29, 0.717) is 38.3 Å². The van der Waals surface area contributed by atoms with E-state index in [1.807, 2.05) is 0 Å². The largest absolute Gasteiger partial charge is 0.497 e. The highest BCUT2D eigenvalue weighted by molar-refractivity contribution is 7.89. The average Bonchev–Trinajstić information content (AvgIpc) is 2.73. The summed E-state index contributed by atoms with van der Waals surface area (Å²) in [7, 11) is -2.08. The van der Waals surface area contributed by atoms with Crippen LogP contribution in [0.25, 0.3) is 0 Å². The molecule has 0 bridgehead atoms. The standard InChI is InChI=1S/C20H32N2O5S/c1-3-4-14-27-15-6-12-21-20(23)17-7-5-13-22(16-17)28(24,25)19-10-8-18(26-2)9-11-19/h8-11,17H,3-7,12-16H2,1-2H3,(H,21,23). The number of carbonyl (C=O) groups is 1. The van der Waals surface area contributed by atoms with E-state index < -0.39 is 10.0 Å². The fourth-order valence-corrected chi connectivity index (χ4v) is 4.67. The molecule has 1 heterocycles. The van der Waals surface area contributed by atoms with E-state index in [-0.39, 0.29) is 23.3 Å². The Bertz CT molecular complexity index is 706. The van der Waals surface area contributed by atoms with Crippen LogP contribution in [0.1, 0.15) is 39.0 Å². The van der Waals surface area contributed by atoms with Gasteiger partial charge in [-0.25, -0.2) is 8.42 Å². The molecular weight excluding hydrogens is 380 g/mol. The summed E-state index contributed by atoms with van der Waals surface area (Å²) in [6.45, 7) is 4.70. The smallest absolute Gasteiger partial charge is 0.243 e. The van der Waals surface area contributed by atoms with Gasteiger partial charge in [0.25, 0.3) is 0 Å². The third-order valence-corrected chi connectivity index (χ3v) is 6.74. The predicted molar refractivity (Wildman–Crippen MR) is 108 cm³/mol. The lowest BCUT2D eigenvalue weighted by Gasteiger charge is -2.31. The number of nitrogens with one attached hydrogen (secondary N) is 1. The molecule has 0 radical (unpaired) electrons. The van der Waals surface area contributed by atoms with Crippen LogP contribution in [0.15, 0.2) is 29.2 Å². The van der Waals surface area contributed by atoms with Crippen LogP contribution in [0.4, 0.5) is 0 Å². The van der Waals surface area contributed by atoms with E-state index in [4.69, 9.17) is 9.47 Å². The number of ether oxygens (including phenoxy) is 2. The fraction of sp³-hybridized carbons (Fsp3) is 0.650. The maximum Gasteiger partial charge on any atom is 0.243 e. The zero-order valence-corrected chi connectivity index (χ0v) is 17.7. The third-order valence-electron chi connectivity index (χ3n) is 4.86. The van der Waals surface area contributed by atoms with Crippen molar-refractivity contribution in [1.29, 1.82) is 0 Å². The highest BCUT2D eigenvalue weighted by Crippen LogP contribution is 2.25. The molecule has 0 spiro atoms. The van der Waals surface area contributed by atoms with Gasteiger partial charge in [-0.15, -0.1) is 0 Å². The van der Waals surface area contributed by atoms with Crippen molar-refractivity contribution in [2.45, 2.75) is 43.9 Å². The molecule has 1 aromatic rings. The number of benzene rings is 1. The molecule has 0 saturated carbocycles. The number of hydrogen-bond acceptors (Lipinski definition) is 5. The van der Waals surface area contributed by atoms with E-state index in [9.17, 15) is 13.2 Å². The first-order valence-corrected chi connectivity index (χ1v) is 11.4. The number of sulfonamides is 1. The summed E-state index contributed by atoms with van der Waals surface area (Å²) in [5.74, 6) is 0.208. The van der Waals surface area contributed by atoms with Crippen LogP contribution in [0.3, 0.4) is 0 Å². The number of carbonyl (C=O) groups excluding carboxylic acids is 1. The lowest BCUT2D eigenvalue weighted by Crippen LogP contribution is -2.45. The van der Waals surface area contributed by atoms with E-state index >= 15 is 0 Å². The van der Waals surface area contributed by atoms with E-state index in [2.05, 4.69) is 12.2 Å². The van der Waals surface area contributed by atoms with Crippen LogP contribution < -0.4 is 10.1 Å². The van der Waals surface area contributed by atoms with E-state index in [0.717, 1.165) is 25.9 Å². The molecule has 0 aromatic heterocycles. The number of piperidine rings is 1. The first-order chi connectivity index (χ1) is 13.5. The first kappa shape index (κ1) is 22.6. The van der Waals surface area contributed by atoms with Crippen LogP contribution in [-0.4, -0.2) is 58.6 Å². The predicted octanol–water partition coefficient (Wildman–Crippen LogP) is 2.42. The first-order valence-electron chi connectivity index (χ1n) is 9.98. The van der Waals surface area contributed by atoms with Crippen LogP contribution in [0.2, 0.25) is 0 Å². The minimum Gasteiger partial charge on any atom is -0.497 e. The van der Waals surface area contributed by atoms with Gasteiger partial charge in [0.1, 0.15) is 5.75 Å². The summed E-state index contributed by atoms with van der Waals surface area (Å²) in [6, 6.07) is 6.33.